The van der Waals surface area contributed by atoms with Gasteiger partial charge in [0, 0.05) is 30.6 Å². The molecule has 0 saturated carbocycles. The highest BCUT2D eigenvalue weighted by atomic mass is 79.9. The van der Waals surface area contributed by atoms with E-state index in [2.05, 4.69) is 37.9 Å². The summed E-state index contributed by atoms with van der Waals surface area (Å²) < 4.78 is 7.68. The molecular formula is C18H19BrN4O. The summed E-state index contributed by atoms with van der Waals surface area (Å²) in [5.41, 5.74) is 2.55. The van der Waals surface area contributed by atoms with Crippen molar-refractivity contribution in [2.45, 2.75) is 6.92 Å². The third-order valence-electron chi connectivity index (χ3n) is 3.12. The number of hydrogen-bond acceptors (Lipinski definition) is 4. The van der Waals surface area contributed by atoms with Gasteiger partial charge in [-0.2, -0.15) is 5.10 Å². The molecule has 24 heavy (non-hydrogen) atoms. The molecule has 0 aliphatic heterocycles. The molecule has 5 nitrogen and oxygen atoms in total. The number of furan rings is 1. The highest BCUT2D eigenvalue weighted by Gasteiger charge is 2.03. The van der Waals surface area contributed by atoms with Crippen LogP contribution in [0.5, 0.6) is 0 Å². The Morgan fingerprint density at radius 3 is 2.92 bits per heavy atom. The van der Waals surface area contributed by atoms with Crippen molar-refractivity contribution >= 4 is 21.7 Å². The molecule has 0 bridgehead atoms. The number of nitrogens with one attached hydrogen (secondary N) is 1. The predicted octanol–water partition coefficient (Wildman–Crippen LogP) is 5.02. The molecule has 6 heteroatoms. The van der Waals surface area contributed by atoms with Crippen LogP contribution >= 0.6 is 15.9 Å². The molecule has 0 saturated heterocycles. The van der Waals surface area contributed by atoms with Gasteiger partial charge in [-0.25, -0.2) is 0 Å². The maximum absolute atomic E-state index is 5.17. The molecule has 0 aliphatic carbocycles. The molecule has 0 unspecified atom stereocenters. The smallest absolute Gasteiger partial charge is 0.128 e. The van der Waals surface area contributed by atoms with Gasteiger partial charge in [-0.15, -0.1) is 0 Å². The van der Waals surface area contributed by atoms with E-state index in [9.17, 15) is 0 Å². The van der Waals surface area contributed by atoms with Crippen molar-refractivity contribution in [1.82, 2.24) is 14.8 Å². The zero-order valence-corrected chi connectivity index (χ0v) is 15.2. The Morgan fingerprint density at radius 2 is 2.25 bits per heavy atom. The first-order valence-corrected chi connectivity index (χ1v) is 8.11. The molecular weight excluding hydrogens is 368 g/mol. The molecule has 1 N–H and O–H groups in total. The van der Waals surface area contributed by atoms with Crippen LogP contribution in [0, 0.1) is 0 Å². The van der Waals surface area contributed by atoms with Gasteiger partial charge in [0.25, 0.3) is 0 Å². The van der Waals surface area contributed by atoms with Crippen LogP contribution in [-0.4, -0.2) is 14.8 Å². The van der Waals surface area contributed by atoms with Crippen LogP contribution in [0.1, 0.15) is 6.92 Å². The van der Waals surface area contributed by atoms with Gasteiger partial charge in [-0.3, -0.25) is 9.67 Å². The molecule has 0 spiro atoms. The molecule has 2 aromatic heterocycles. The zero-order chi connectivity index (χ0) is 17.4. The van der Waals surface area contributed by atoms with Gasteiger partial charge in [0.05, 0.1) is 28.9 Å². The summed E-state index contributed by atoms with van der Waals surface area (Å²) in [4.78, 5) is 4.51. The summed E-state index contributed by atoms with van der Waals surface area (Å²) in [6.45, 7) is 5.65. The fourth-order valence-corrected chi connectivity index (χ4v) is 2.04. The Balaban J connectivity index is 2.59. The minimum absolute atomic E-state index is 0.753. The lowest BCUT2D eigenvalue weighted by Gasteiger charge is -2.09. The van der Waals surface area contributed by atoms with Gasteiger partial charge in [0.1, 0.15) is 5.82 Å². The average molecular weight is 387 g/mol. The number of halogens is 1. The van der Waals surface area contributed by atoms with Crippen LogP contribution in [0.3, 0.4) is 0 Å². The van der Waals surface area contributed by atoms with E-state index in [1.807, 2.05) is 44.3 Å². The number of hydrogen-bond donors (Lipinski definition) is 1. The zero-order valence-electron chi connectivity index (χ0n) is 13.6. The van der Waals surface area contributed by atoms with E-state index in [1.165, 1.54) is 0 Å². The number of allylic oxidation sites excluding steroid dienone is 4. The Morgan fingerprint density at radius 1 is 1.42 bits per heavy atom. The molecule has 0 aliphatic rings. The summed E-state index contributed by atoms with van der Waals surface area (Å²) in [5, 5.41) is 7.73. The van der Waals surface area contributed by atoms with Crippen molar-refractivity contribution in [2.24, 2.45) is 7.05 Å². The lowest BCUT2D eigenvalue weighted by molar-refractivity contribution is 0.568. The third-order valence-corrected chi connectivity index (χ3v) is 3.53. The number of aryl methyl sites for hydroxylation is 1. The second-order valence-electron chi connectivity index (χ2n) is 4.80. The molecule has 0 atom stereocenters. The summed E-state index contributed by atoms with van der Waals surface area (Å²) in [5.74, 6) is 0.767. The fraction of sp³-hybridized carbons (Fsp3) is 0.111. The van der Waals surface area contributed by atoms with Crippen molar-refractivity contribution in [2.75, 3.05) is 5.32 Å². The Bertz CT molecular complexity index is 802. The van der Waals surface area contributed by atoms with Gasteiger partial charge in [-0.1, -0.05) is 24.8 Å². The number of anilines is 1. The molecule has 0 amide bonds. The first kappa shape index (κ1) is 17.7. The Labute approximate surface area is 149 Å². The largest absolute Gasteiger partial charge is 0.472 e. The van der Waals surface area contributed by atoms with Crippen molar-refractivity contribution in [3.05, 3.63) is 78.1 Å². The molecule has 2 aromatic rings. The molecule has 2 rings (SSSR count). The maximum atomic E-state index is 5.17. The summed E-state index contributed by atoms with van der Waals surface area (Å²) in [7, 11) is 1.86. The lowest BCUT2D eigenvalue weighted by Crippen LogP contribution is -2.06. The van der Waals surface area contributed by atoms with Crippen molar-refractivity contribution in [3.8, 4) is 11.3 Å². The SMILES string of the molecule is C=C/C=C\C(=C/C)Nc1cc(-c2ccoc2)ncc(Br)cnn1C. The third kappa shape index (κ3) is 4.96. The average Bonchev–Trinajstić information content (AvgIpc) is 3.13. The Hall–Kier alpha value is -2.60. The number of aromatic nitrogens is 3. The van der Waals surface area contributed by atoms with Crippen molar-refractivity contribution in [3.63, 3.8) is 0 Å². The first-order valence-electron chi connectivity index (χ1n) is 7.32. The van der Waals surface area contributed by atoms with Crippen LogP contribution in [-0.2, 0) is 7.05 Å². The van der Waals surface area contributed by atoms with E-state index in [0.717, 1.165) is 27.2 Å². The molecule has 2 heterocycles. The number of nitrogens with zero attached hydrogens (tertiary/aromatic N) is 3. The minimum Gasteiger partial charge on any atom is -0.472 e. The molecule has 0 fully saturated rings. The molecule has 124 valence electrons. The van der Waals surface area contributed by atoms with Crippen LogP contribution in [0.2, 0.25) is 0 Å². The van der Waals surface area contributed by atoms with Crippen LogP contribution < -0.4 is 5.32 Å². The second kappa shape index (κ2) is 8.88. The van der Waals surface area contributed by atoms with Gasteiger partial charge in [-0.05, 0) is 35.0 Å². The van der Waals surface area contributed by atoms with E-state index in [1.54, 1.807) is 35.7 Å². The van der Waals surface area contributed by atoms with Crippen molar-refractivity contribution < 1.29 is 4.42 Å². The second-order valence-corrected chi connectivity index (χ2v) is 5.72. The van der Waals surface area contributed by atoms with Gasteiger partial charge >= 0.3 is 0 Å². The van der Waals surface area contributed by atoms with Crippen molar-refractivity contribution in [1.29, 1.82) is 0 Å². The normalized spacial score (nSPS) is 11.4. The van der Waals surface area contributed by atoms with Crippen LogP contribution in [0.4, 0.5) is 5.82 Å². The van der Waals surface area contributed by atoms with Crippen LogP contribution in [0.15, 0.2) is 82.5 Å². The van der Waals surface area contributed by atoms with E-state index in [4.69, 9.17) is 4.42 Å². The fourth-order valence-electron chi connectivity index (χ4n) is 1.84. The highest BCUT2D eigenvalue weighted by Crippen LogP contribution is 2.20. The van der Waals surface area contributed by atoms with Crippen LogP contribution in [0.25, 0.3) is 11.3 Å². The van der Waals surface area contributed by atoms with E-state index in [0.29, 0.717) is 0 Å². The maximum Gasteiger partial charge on any atom is 0.128 e. The number of rotatable bonds is 5. The summed E-state index contributed by atoms with van der Waals surface area (Å²) in [6, 6.07) is 3.77. The monoisotopic (exact) mass is 386 g/mol. The summed E-state index contributed by atoms with van der Waals surface area (Å²) in [6.07, 6.45) is 14.2. The molecule has 0 aromatic carbocycles. The first-order chi connectivity index (χ1) is 11.6. The topological polar surface area (TPSA) is 55.9 Å². The highest BCUT2D eigenvalue weighted by molar-refractivity contribution is 9.10. The van der Waals surface area contributed by atoms with Gasteiger partial charge in [0.15, 0.2) is 0 Å². The summed E-state index contributed by atoms with van der Waals surface area (Å²) >= 11 is 3.42. The lowest BCUT2D eigenvalue weighted by atomic mass is 10.2. The standard InChI is InChI=1S/C18H19BrN4O/c1-4-6-7-16(5-2)22-18-10-17(14-8-9-24-13-14)20-11-15(19)12-21-23(18)3/h4-13,22H,1H2,2-3H3/b7-6-,15-11?,16-5+,18-10?,20-17?,21-12?. The quantitative estimate of drug-likeness (QED) is 0.732. The minimum atomic E-state index is 0.753. The van der Waals surface area contributed by atoms with E-state index in [-0.39, 0.29) is 0 Å². The predicted molar refractivity (Wildman–Crippen MR) is 101 cm³/mol. The van der Waals surface area contributed by atoms with Gasteiger partial charge in [0.2, 0.25) is 0 Å². The van der Waals surface area contributed by atoms with Gasteiger partial charge < -0.3 is 9.73 Å². The molecule has 0 radical (unpaired) electrons. The van der Waals surface area contributed by atoms with E-state index >= 15 is 0 Å². The Kier molecular flexibility index (Phi) is 6.57. The van der Waals surface area contributed by atoms with E-state index < -0.39 is 0 Å².